The first-order valence-electron chi connectivity index (χ1n) is 11.9. The Morgan fingerprint density at radius 2 is 1.43 bits per heavy atom. The SMILES string of the molecule is COc1ccc(NS(=O)(=O)c2cccc(NC(=O)c3ccc(C)c(S(=O)(=O)Nc4ccccc4OC)c3)c2)cc1. The van der Waals surface area contributed by atoms with E-state index in [1.807, 2.05) is 0 Å². The van der Waals surface area contributed by atoms with Crippen molar-refractivity contribution in [2.45, 2.75) is 16.7 Å². The maximum absolute atomic E-state index is 13.2. The number of rotatable bonds is 10. The summed E-state index contributed by atoms with van der Waals surface area (Å²) < 4.78 is 67.5. The molecule has 0 radical (unpaired) electrons. The second-order valence-corrected chi connectivity index (χ2v) is 11.9. The number of sulfonamides is 2. The van der Waals surface area contributed by atoms with E-state index in [9.17, 15) is 21.6 Å². The van der Waals surface area contributed by atoms with Gasteiger partial charge in [0.15, 0.2) is 0 Å². The van der Waals surface area contributed by atoms with E-state index < -0.39 is 26.0 Å². The number of carbonyl (C=O) groups is 1. The number of carbonyl (C=O) groups excluding carboxylic acids is 1. The minimum Gasteiger partial charge on any atom is -0.497 e. The van der Waals surface area contributed by atoms with Crippen molar-refractivity contribution in [2.75, 3.05) is 29.0 Å². The molecule has 0 aliphatic carbocycles. The van der Waals surface area contributed by atoms with E-state index in [0.29, 0.717) is 22.7 Å². The summed E-state index contributed by atoms with van der Waals surface area (Å²) in [5.74, 6) is 0.302. The fourth-order valence-corrected chi connectivity index (χ4v) is 6.22. The van der Waals surface area contributed by atoms with Crippen LogP contribution in [0, 0.1) is 6.92 Å². The third-order valence-corrected chi connectivity index (χ3v) is 8.72. The Labute approximate surface area is 233 Å². The van der Waals surface area contributed by atoms with E-state index in [1.54, 1.807) is 55.5 Å². The van der Waals surface area contributed by atoms with Crippen LogP contribution < -0.4 is 24.2 Å². The second-order valence-electron chi connectivity index (χ2n) is 8.60. The number of hydrogen-bond acceptors (Lipinski definition) is 7. The lowest BCUT2D eigenvalue weighted by Crippen LogP contribution is -2.18. The lowest BCUT2D eigenvalue weighted by atomic mass is 10.1. The Morgan fingerprint density at radius 1 is 0.700 bits per heavy atom. The first-order chi connectivity index (χ1) is 19.0. The summed E-state index contributed by atoms with van der Waals surface area (Å²) in [5.41, 5.74) is 1.29. The van der Waals surface area contributed by atoms with Crippen molar-refractivity contribution in [3.63, 3.8) is 0 Å². The molecule has 0 unspecified atom stereocenters. The normalized spacial score (nSPS) is 11.4. The molecule has 4 aromatic rings. The molecule has 3 N–H and O–H groups in total. The van der Waals surface area contributed by atoms with Gasteiger partial charge in [0, 0.05) is 16.9 Å². The predicted molar refractivity (Wildman–Crippen MR) is 153 cm³/mol. The third kappa shape index (κ3) is 6.53. The molecule has 10 nitrogen and oxygen atoms in total. The maximum atomic E-state index is 13.2. The van der Waals surface area contributed by atoms with Gasteiger partial charge in [-0.15, -0.1) is 0 Å². The van der Waals surface area contributed by atoms with Crippen molar-refractivity contribution in [2.24, 2.45) is 0 Å². The number of ether oxygens (including phenoxy) is 2. The Morgan fingerprint density at radius 3 is 2.12 bits per heavy atom. The molecule has 0 saturated carbocycles. The Kier molecular flexibility index (Phi) is 8.31. The van der Waals surface area contributed by atoms with E-state index >= 15 is 0 Å². The molecule has 0 bridgehead atoms. The molecule has 40 heavy (non-hydrogen) atoms. The average molecular weight is 582 g/mol. The van der Waals surface area contributed by atoms with Crippen molar-refractivity contribution in [1.82, 2.24) is 0 Å². The van der Waals surface area contributed by atoms with Crippen molar-refractivity contribution in [3.8, 4) is 11.5 Å². The predicted octanol–water partition coefficient (Wildman–Crippen LogP) is 4.87. The number of amides is 1. The van der Waals surface area contributed by atoms with E-state index in [0.717, 1.165) is 0 Å². The van der Waals surface area contributed by atoms with Gasteiger partial charge in [0.2, 0.25) is 0 Å². The molecule has 12 heteroatoms. The molecule has 0 heterocycles. The van der Waals surface area contributed by atoms with Gasteiger partial charge in [0.05, 0.1) is 29.7 Å². The Hall–Kier alpha value is -4.55. The average Bonchev–Trinajstić information content (AvgIpc) is 2.93. The Bertz CT molecular complexity index is 1760. The molecule has 0 fully saturated rings. The minimum atomic E-state index is -4.07. The molecule has 0 spiro atoms. The van der Waals surface area contributed by atoms with Gasteiger partial charge >= 0.3 is 0 Å². The first kappa shape index (κ1) is 28.5. The van der Waals surface area contributed by atoms with E-state index in [-0.39, 0.29) is 26.7 Å². The van der Waals surface area contributed by atoms with Gasteiger partial charge in [-0.3, -0.25) is 14.2 Å². The van der Waals surface area contributed by atoms with Crippen LogP contribution >= 0.6 is 0 Å². The molecule has 4 rings (SSSR count). The molecule has 0 aliphatic rings. The van der Waals surface area contributed by atoms with Gasteiger partial charge in [-0.1, -0.05) is 24.3 Å². The van der Waals surface area contributed by atoms with Crippen LogP contribution in [0.2, 0.25) is 0 Å². The summed E-state index contributed by atoms with van der Waals surface area (Å²) in [6.07, 6.45) is 0. The third-order valence-electron chi connectivity index (χ3n) is 5.84. The van der Waals surface area contributed by atoms with Gasteiger partial charge in [-0.05, 0) is 79.2 Å². The number of methoxy groups -OCH3 is 2. The van der Waals surface area contributed by atoms with Crippen LogP contribution in [0.1, 0.15) is 15.9 Å². The van der Waals surface area contributed by atoms with Crippen molar-refractivity contribution in [1.29, 1.82) is 0 Å². The molecule has 0 aromatic heterocycles. The second kappa shape index (κ2) is 11.7. The highest BCUT2D eigenvalue weighted by Gasteiger charge is 2.21. The lowest BCUT2D eigenvalue weighted by molar-refractivity contribution is 0.102. The largest absolute Gasteiger partial charge is 0.497 e. The molecular weight excluding hydrogens is 554 g/mol. The van der Waals surface area contributed by atoms with Gasteiger partial charge in [0.1, 0.15) is 11.5 Å². The zero-order valence-corrected chi connectivity index (χ0v) is 23.5. The summed E-state index contributed by atoms with van der Waals surface area (Å²) in [6, 6.07) is 22.9. The van der Waals surface area contributed by atoms with Crippen LogP contribution in [0.5, 0.6) is 11.5 Å². The van der Waals surface area contributed by atoms with Crippen LogP contribution in [-0.4, -0.2) is 37.0 Å². The molecule has 0 saturated heterocycles. The van der Waals surface area contributed by atoms with E-state index in [1.165, 1.54) is 56.7 Å². The molecule has 4 aromatic carbocycles. The summed E-state index contributed by atoms with van der Waals surface area (Å²) in [4.78, 5) is 12.9. The fourth-order valence-electron chi connectivity index (χ4n) is 3.78. The van der Waals surface area contributed by atoms with E-state index in [4.69, 9.17) is 9.47 Å². The summed E-state index contributed by atoms with van der Waals surface area (Å²) >= 11 is 0. The van der Waals surface area contributed by atoms with Crippen LogP contribution in [0.25, 0.3) is 0 Å². The van der Waals surface area contributed by atoms with Crippen molar-refractivity contribution >= 4 is 43.0 Å². The number of anilines is 3. The van der Waals surface area contributed by atoms with Crippen molar-refractivity contribution in [3.05, 3.63) is 102 Å². The van der Waals surface area contributed by atoms with Crippen LogP contribution in [0.3, 0.4) is 0 Å². The topological polar surface area (TPSA) is 140 Å². The van der Waals surface area contributed by atoms with Crippen LogP contribution in [0.15, 0.2) is 101 Å². The number of hydrogen-bond donors (Lipinski definition) is 3. The monoisotopic (exact) mass is 581 g/mol. The zero-order chi connectivity index (χ0) is 28.9. The van der Waals surface area contributed by atoms with E-state index in [2.05, 4.69) is 14.8 Å². The standard InChI is InChI=1S/C28H27N3O7S2/c1-19-11-12-20(17-27(19)40(35,36)31-25-9-4-5-10-26(25)38-3)28(32)29-22-7-6-8-24(18-22)39(33,34)30-21-13-15-23(37-2)16-14-21/h4-18,30-31H,1-3H3,(H,29,32). The fraction of sp³-hybridized carbons (Fsp3) is 0.107. The number of aryl methyl sites for hydroxylation is 1. The number of nitrogens with one attached hydrogen (secondary N) is 3. The number of para-hydroxylation sites is 2. The summed E-state index contributed by atoms with van der Waals surface area (Å²) in [6.45, 7) is 1.61. The van der Waals surface area contributed by atoms with Crippen LogP contribution in [-0.2, 0) is 20.0 Å². The highest BCUT2D eigenvalue weighted by atomic mass is 32.2. The molecular formula is C28H27N3O7S2. The van der Waals surface area contributed by atoms with Gasteiger partial charge in [0.25, 0.3) is 26.0 Å². The minimum absolute atomic E-state index is 0.0654. The summed E-state index contributed by atoms with van der Waals surface area (Å²) in [5, 5.41) is 2.63. The van der Waals surface area contributed by atoms with Crippen molar-refractivity contribution < 1.29 is 31.1 Å². The maximum Gasteiger partial charge on any atom is 0.262 e. The smallest absolute Gasteiger partial charge is 0.262 e. The van der Waals surface area contributed by atoms with Gasteiger partial charge < -0.3 is 14.8 Å². The molecule has 0 aliphatic heterocycles. The summed E-state index contributed by atoms with van der Waals surface area (Å²) in [7, 11) is -5.10. The molecule has 1 amide bonds. The highest BCUT2D eigenvalue weighted by molar-refractivity contribution is 7.93. The highest BCUT2D eigenvalue weighted by Crippen LogP contribution is 2.28. The Balaban J connectivity index is 1.54. The quantitative estimate of drug-likeness (QED) is 0.243. The zero-order valence-electron chi connectivity index (χ0n) is 21.8. The van der Waals surface area contributed by atoms with Crippen LogP contribution in [0.4, 0.5) is 17.1 Å². The molecule has 208 valence electrons. The lowest BCUT2D eigenvalue weighted by Gasteiger charge is -2.14. The van der Waals surface area contributed by atoms with Gasteiger partial charge in [-0.25, -0.2) is 16.8 Å². The first-order valence-corrected chi connectivity index (χ1v) is 14.8. The number of benzene rings is 4. The van der Waals surface area contributed by atoms with Gasteiger partial charge in [-0.2, -0.15) is 0 Å². The molecule has 0 atom stereocenters.